The fraction of sp³-hybridized carbons (Fsp3) is 0.435. The maximum Gasteiger partial charge on any atom is 0.251 e. The average Bonchev–Trinajstić information content (AvgIpc) is 3.28. The minimum absolute atomic E-state index is 0.152. The van der Waals surface area contributed by atoms with Crippen molar-refractivity contribution in [3.63, 3.8) is 0 Å². The first-order chi connectivity index (χ1) is 14.7. The average molecular weight is 445 g/mol. The van der Waals surface area contributed by atoms with E-state index in [4.69, 9.17) is 9.47 Å². The van der Waals surface area contributed by atoms with Gasteiger partial charge in [0.05, 0.1) is 18.0 Å². The van der Waals surface area contributed by atoms with Crippen LogP contribution in [0.1, 0.15) is 55.1 Å². The van der Waals surface area contributed by atoms with E-state index in [0.717, 1.165) is 18.4 Å². The summed E-state index contributed by atoms with van der Waals surface area (Å²) in [6.07, 6.45) is 2.32. The Balaban J connectivity index is 1.59. The highest BCUT2D eigenvalue weighted by Crippen LogP contribution is 2.41. The molecule has 1 atom stereocenters. The second-order valence-corrected chi connectivity index (χ2v) is 10.6. The molecule has 2 heterocycles. The van der Waals surface area contributed by atoms with Gasteiger partial charge in [-0.25, -0.2) is 8.42 Å². The molecule has 2 aromatic rings. The minimum atomic E-state index is -3.58. The number of methoxy groups -OCH3 is 1. The van der Waals surface area contributed by atoms with Crippen molar-refractivity contribution in [2.75, 3.05) is 20.2 Å². The minimum Gasteiger partial charge on any atom is -0.497 e. The molecule has 1 fully saturated rings. The van der Waals surface area contributed by atoms with Crippen LogP contribution in [0.15, 0.2) is 47.4 Å². The molecular weight excluding hydrogens is 416 g/mol. The Labute approximate surface area is 183 Å². The molecule has 7 nitrogen and oxygen atoms in total. The number of carbonyl (C=O) groups is 1. The van der Waals surface area contributed by atoms with E-state index in [2.05, 4.69) is 5.32 Å². The molecule has 0 bridgehead atoms. The Morgan fingerprint density at radius 2 is 1.90 bits per heavy atom. The number of nitrogens with zero attached hydrogens (tertiary/aromatic N) is 1. The van der Waals surface area contributed by atoms with Gasteiger partial charge in [-0.3, -0.25) is 4.79 Å². The van der Waals surface area contributed by atoms with Crippen molar-refractivity contribution in [1.29, 1.82) is 0 Å². The van der Waals surface area contributed by atoms with E-state index >= 15 is 0 Å². The second kappa shape index (κ2) is 8.16. The third-order valence-electron chi connectivity index (χ3n) is 5.78. The normalized spacial score (nSPS) is 20.5. The molecule has 31 heavy (non-hydrogen) atoms. The largest absolute Gasteiger partial charge is 0.497 e. The number of hydrogen-bond donors (Lipinski definition) is 1. The number of ether oxygens (including phenoxy) is 2. The molecule has 166 valence electrons. The molecule has 0 aromatic heterocycles. The third-order valence-corrected chi connectivity index (χ3v) is 7.68. The Morgan fingerprint density at radius 1 is 1.16 bits per heavy atom. The zero-order valence-corrected chi connectivity index (χ0v) is 18.9. The fourth-order valence-electron chi connectivity index (χ4n) is 4.20. The number of hydrogen-bond acceptors (Lipinski definition) is 5. The van der Waals surface area contributed by atoms with Crippen molar-refractivity contribution in [3.8, 4) is 11.5 Å². The quantitative estimate of drug-likeness (QED) is 0.763. The Bertz CT molecular complexity index is 1090. The monoisotopic (exact) mass is 444 g/mol. The molecule has 2 aromatic carbocycles. The summed E-state index contributed by atoms with van der Waals surface area (Å²) in [5.74, 6) is 1.04. The molecule has 2 aliphatic heterocycles. The number of benzene rings is 2. The molecule has 0 unspecified atom stereocenters. The first kappa shape index (κ1) is 21.6. The van der Waals surface area contributed by atoms with Gasteiger partial charge in [-0.05, 0) is 57.0 Å². The van der Waals surface area contributed by atoms with Crippen molar-refractivity contribution >= 4 is 15.9 Å². The van der Waals surface area contributed by atoms with Gasteiger partial charge in [-0.1, -0.05) is 6.07 Å². The van der Waals surface area contributed by atoms with E-state index in [1.54, 1.807) is 25.3 Å². The molecule has 4 rings (SSSR count). The summed E-state index contributed by atoms with van der Waals surface area (Å²) >= 11 is 0. The molecule has 1 N–H and O–H groups in total. The molecule has 0 aliphatic carbocycles. The maximum absolute atomic E-state index is 13.1. The van der Waals surface area contributed by atoms with Crippen molar-refractivity contribution in [2.45, 2.75) is 49.6 Å². The molecule has 1 amide bonds. The third kappa shape index (κ3) is 4.41. The van der Waals surface area contributed by atoms with Gasteiger partial charge in [-0.15, -0.1) is 0 Å². The molecule has 1 saturated heterocycles. The molecule has 8 heteroatoms. The highest BCUT2D eigenvalue weighted by molar-refractivity contribution is 7.89. The van der Waals surface area contributed by atoms with Crippen molar-refractivity contribution in [2.24, 2.45) is 0 Å². The molecule has 0 spiro atoms. The number of amides is 1. The summed E-state index contributed by atoms with van der Waals surface area (Å²) in [5.41, 5.74) is 0.715. The van der Waals surface area contributed by atoms with Gasteiger partial charge in [0.15, 0.2) is 0 Å². The number of carbonyl (C=O) groups excluding carboxylic acids is 1. The van der Waals surface area contributed by atoms with Gasteiger partial charge in [0.1, 0.15) is 17.1 Å². The smallest absolute Gasteiger partial charge is 0.251 e. The van der Waals surface area contributed by atoms with Crippen LogP contribution < -0.4 is 14.8 Å². The van der Waals surface area contributed by atoms with Crippen molar-refractivity contribution < 1.29 is 22.7 Å². The second-order valence-electron chi connectivity index (χ2n) is 8.63. The fourth-order valence-corrected chi connectivity index (χ4v) is 5.77. The van der Waals surface area contributed by atoms with Crippen LogP contribution in [0.25, 0.3) is 0 Å². The van der Waals surface area contributed by atoms with E-state index in [-0.39, 0.29) is 16.8 Å². The summed E-state index contributed by atoms with van der Waals surface area (Å²) < 4.78 is 38.6. The highest BCUT2D eigenvalue weighted by atomic mass is 32.2. The lowest BCUT2D eigenvalue weighted by Crippen LogP contribution is -2.41. The zero-order valence-electron chi connectivity index (χ0n) is 18.1. The van der Waals surface area contributed by atoms with Crippen LogP contribution in [0, 0.1) is 0 Å². The predicted molar refractivity (Wildman–Crippen MR) is 117 cm³/mol. The predicted octanol–water partition coefficient (Wildman–Crippen LogP) is 3.51. The lowest BCUT2D eigenvalue weighted by atomic mass is 9.89. The van der Waals surface area contributed by atoms with E-state index in [0.29, 0.717) is 36.6 Å². The van der Waals surface area contributed by atoms with Gasteiger partial charge in [0, 0.05) is 36.7 Å². The summed E-state index contributed by atoms with van der Waals surface area (Å²) in [6.45, 7) is 4.99. The summed E-state index contributed by atoms with van der Waals surface area (Å²) in [7, 11) is -1.99. The van der Waals surface area contributed by atoms with Crippen LogP contribution in [0.4, 0.5) is 0 Å². The van der Waals surface area contributed by atoms with Gasteiger partial charge < -0.3 is 14.8 Å². The highest BCUT2D eigenvalue weighted by Gasteiger charge is 2.35. The van der Waals surface area contributed by atoms with E-state index in [1.807, 2.05) is 32.0 Å². The number of fused-ring (bicyclic) bond motifs is 1. The molecule has 0 radical (unpaired) electrons. The van der Waals surface area contributed by atoms with E-state index < -0.39 is 15.6 Å². The van der Waals surface area contributed by atoms with Crippen LogP contribution in [0.3, 0.4) is 0 Å². The van der Waals surface area contributed by atoms with Gasteiger partial charge in [0.2, 0.25) is 10.0 Å². The molecule has 2 aliphatic rings. The molecular formula is C23H28N2O5S. The Kier molecular flexibility index (Phi) is 5.70. The van der Waals surface area contributed by atoms with Crippen LogP contribution in [-0.4, -0.2) is 44.4 Å². The lowest BCUT2D eigenvalue weighted by molar-refractivity contribution is 0.0617. The Morgan fingerprint density at radius 3 is 2.61 bits per heavy atom. The molecule has 0 saturated carbocycles. The van der Waals surface area contributed by atoms with Crippen molar-refractivity contribution in [1.82, 2.24) is 9.62 Å². The van der Waals surface area contributed by atoms with E-state index in [1.165, 1.54) is 10.4 Å². The number of rotatable bonds is 5. The summed E-state index contributed by atoms with van der Waals surface area (Å²) in [4.78, 5) is 13.2. The number of sulfonamides is 1. The van der Waals surface area contributed by atoms with Crippen LogP contribution in [-0.2, 0) is 10.0 Å². The standard InChI is InChI=1S/C23H28N2O5S/c1-23(2)15-20(19-10-9-17(29-3)14-21(19)30-23)24-22(26)16-7-6-8-18(13-16)31(27,28)25-11-4-5-12-25/h6-10,13-14,20H,4-5,11-12,15H2,1-3H3,(H,24,26)/t20-/m0/s1. The maximum atomic E-state index is 13.1. The zero-order chi connectivity index (χ0) is 22.2. The lowest BCUT2D eigenvalue weighted by Gasteiger charge is -2.38. The first-order valence-corrected chi connectivity index (χ1v) is 11.9. The van der Waals surface area contributed by atoms with Gasteiger partial charge >= 0.3 is 0 Å². The summed E-state index contributed by atoms with van der Waals surface area (Å²) in [5, 5.41) is 3.06. The topological polar surface area (TPSA) is 84.9 Å². The first-order valence-electron chi connectivity index (χ1n) is 10.5. The van der Waals surface area contributed by atoms with Gasteiger partial charge in [0.25, 0.3) is 5.91 Å². The Hall–Kier alpha value is -2.58. The summed E-state index contributed by atoms with van der Waals surface area (Å²) in [6, 6.07) is 11.5. The van der Waals surface area contributed by atoms with Crippen LogP contribution >= 0.6 is 0 Å². The van der Waals surface area contributed by atoms with Crippen LogP contribution in [0.2, 0.25) is 0 Å². The van der Waals surface area contributed by atoms with Crippen LogP contribution in [0.5, 0.6) is 11.5 Å². The SMILES string of the molecule is COc1ccc2c(c1)OC(C)(C)C[C@@H]2NC(=O)c1cccc(S(=O)(=O)N2CCCC2)c1. The van der Waals surface area contributed by atoms with Crippen molar-refractivity contribution in [3.05, 3.63) is 53.6 Å². The van der Waals surface area contributed by atoms with E-state index in [9.17, 15) is 13.2 Å². The number of nitrogens with one attached hydrogen (secondary N) is 1. The van der Waals surface area contributed by atoms with Gasteiger partial charge in [-0.2, -0.15) is 4.31 Å².